The minimum atomic E-state index is -0.475. The Morgan fingerprint density at radius 3 is 2.95 bits per heavy atom. The van der Waals surface area contributed by atoms with Gasteiger partial charge in [0.2, 0.25) is 0 Å². The molecule has 3 N–H and O–H groups in total. The van der Waals surface area contributed by atoms with Gasteiger partial charge in [0.15, 0.2) is 5.76 Å². The molecule has 0 unspecified atom stereocenters. The molecular weight excluding hydrogens is 268 g/mol. The number of furan rings is 1. The Labute approximate surface area is 115 Å². The van der Waals surface area contributed by atoms with Crippen LogP contribution in [0.2, 0.25) is 5.02 Å². The van der Waals surface area contributed by atoms with E-state index >= 15 is 0 Å². The number of hydrazine groups is 1. The fourth-order valence-electron chi connectivity index (χ4n) is 1.56. The first-order valence-corrected chi connectivity index (χ1v) is 5.96. The van der Waals surface area contributed by atoms with Crippen LogP contribution in [0.25, 0.3) is 0 Å². The fourth-order valence-corrected chi connectivity index (χ4v) is 1.74. The minimum Gasteiger partial charge on any atom is -0.489 e. The fraction of sp³-hybridized carbons (Fsp3) is 0.154. The molecule has 6 heteroatoms. The van der Waals surface area contributed by atoms with E-state index in [4.69, 9.17) is 26.6 Å². The molecule has 1 aromatic heterocycles. The number of amides is 1. The molecule has 2 aromatic rings. The molecular formula is C13H13ClN2O3. The van der Waals surface area contributed by atoms with E-state index in [1.54, 1.807) is 37.3 Å². The second-order valence-corrected chi connectivity index (χ2v) is 4.35. The molecule has 1 aromatic carbocycles. The van der Waals surface area contributed by atoms with E-state index in [2.05, 4.69) is 0 Å². The quantitative estimate of drug-likeness (QED) is 0.512. The van der Waals surface area contributed by atoms with E-state index in [1.807, 2.05) is 5.43 Å². The van der Waals surface area contributed by atoms with Crippen LogP contribution < -0.4 is 16.0 Å². The molecule has 0 fully saturated rings. The van der Waals surface area contributed by atoms with Gasteiger partial charge >= 0.3 is 5.91 Å². The maximum Gasteiger partial charge on any atom is 0.300 e. The Morgan fingerprint density at radius 2 is 2.26 bits per heavy atom. The summed E-state index contributed by atoms with van der Waals surface area (Å²) >= 11 is 5.86. The molecule has 5 nitrogen and oxygen atoms in total. The lowest BCUT2D eigenvalue weighted by Gasteiger charge is -2.05. The third kappa shape index (κ3) is 3.27. The van der Waals surface area contributed by atoms with E-state index in [1.165, 1.54) is 0 Å². The first-order chi connectivity index (χ1) is 9.10. The van der Waals surface area contributed by atoms with Gasteiger partial charge in [-0.2, -0.15) is 0 Å². The Morgan fingerprint density at radius 1 is 1.47 bits per heavy atom. The lowest BCUT2D eigenvalue weighted by Crippen LogP contribution is -2.29. The van der Waals surface area contributed by atoms with Gasteiger partial charge in [-0.05, 0) is 31.2 Å². The molecule has 0 aliphatic rings. The van der Waals surface area contributed by atoms with Crippen molar-refractivity contribution in [2.75, 3.05) is 0 Å². The smallest absolute Gasteiger partial charge is 0.300 e. The Balaban J connectivity index is 2.07. The van der Waals surface area contributed by atoms with Crippen molar-refractivity contribution in [1.29, 1.82) is 0 Å². The van der Waals surface area contributed by atoms with Crippen molar-refractivity contribution in [2.45, 2.75) is 13.5 Å². The van der Waals surface area contributed by atoms with Crippen molar-refractivity contribution in [3.05, 3.63) is 52.4 Å². The molecule has 100 valence electrons. The molecule has 0 spiro atoms. The number of aryl methyl sites for hydroxylation is 1. The van der Waals surface area contributed by atoms with Crippen LogP contribution >= 0.6 is 11.6 Å². The van der Waals surface area contributed by atoms with Crippen molar-refractivity contribution in [3.8, 4) is 5.75 Å². The molecule has 1 heterocycles. The second-order valence-electron chi connectivity index (χ2n) is 3.91. The Kier molecular flexibility index (Phi) is 4.09. The Bertz CT molecular complexity index is 595. The average Bonchev–Trinajstić information content (AvgIpc) is 2.77. The molecule has 0 aliphatic carbocycles. The summed E-state index contributed by atoms with van der Waals surface area (Å²) in [5, 5.41) is 0.601. The van der Waals surface area contributed by atoms with Gasteiger partial charge in [-0.1, -0.05) is 17.7 Å². The summed E-state index contributed by atoms with van der Waals surface area (Å²) in [6, 6.07) is 8.68. The number of benzene rings is 1. The number of rotatable bonds is 4. The first kappa shape index (κ1) is 13.5. The molecule has 2 rings (SSSR count). The van der Waals surface area contributed by atoms with Crippen LogP contribution in [0.15, 0.2) is 34.7 Å². The van der Waals surface area contributed by atoms with Gasteiger partial charge < -0.3 is 9.15 Å². The number of carbonyl (C=O) groups is 1. The number of ether oxygens (including phenoxy) is 1. The van der Waals surface area contributed by atoms with Crippen LogP contribution in [0, 0.1) is 6.92 Å². The molecule has 0 saturated carbocycles. The van der Waals surface area contributed by atoms with Gasteiger partial charge in [-0.3, -0.25) is 10.2 Å². The van der Waals surface area contributed by atoms with Crippen molar-refractivity contribution >= 4 is 17.5 Å². The van der Waals surface area contributed by atoms with Crippen LogP contribution in [0.4, 0.5) is 0 Å². The summed E-state index contributed by atoms with van der Waals surface area (Å²) in [7, 11) is 0. The van der Waals surface area contributed by atoms with Gasteiger partial charge in [0.25, 0.3) is 0 Å². The van der Waals surface area contributed by atoms with E-state index in [-0.39, 0.29) is 12.4 Å². The zero-order valence-electron chi connectivity index (χ0n) is 10.3. The van der Waals surface area contributed by atoms with E-state index < -0.39 is 5.91 Å². The van der Waals surface area contributed by atoms with Gasteiger partial charge in [0.1, 0.15) is 18.1 Å². The third-order valence-electron chi connectivity index (χ3n) is 2.57. The highest BCUT2D eigenvalue weighted by Crippen LogP contribution is 2.20. The summed E-state index contributed by atoms with van der Waals surface area (Å²) in [5.74, 6) is 5.98. The van der Waals surface area contributed by atoms with Crippen LogP contribution in [-0.4, -0.2) is 5.91 Å². The van der Waals surface area contributed by atoms with E-state index in [0.717, 1.165) is 5.56 Å². The maximum absolute atomic E-state index is 11.3. The number of nitrogens with two attached hydrogens (primary N) is 1. The lowest BCUT2D eigenvalue weighted by molar-refractivity contribution is 0.0924. The zero-order chi connectivity index (χ0) is 13.8. The minimum absolute atomic E-state index is 0.157. The number of nitrogens with one attached hydrogen (secondary N) is 1. The molecule has 0 bridgehead atoms. The summed E-state index contributed by atoms with van der Waals surface area (Å²) in [6.07, 6.45) is 0. The molecule has 19 heavy (non-hydrogen) atoms. The highest BCUT2D eigenvalue weighted by Gasteiger charge is 2.13. The van der Waals surface area contributed by atoms with Crippen molar-refractivity contribution in [1.82, 2.24) is 5.43 Å². The van der Waals surface area contributed by atoms with Crippen LogP contribution in [0.3, 0.4) is 0 Å². The van der Waals surface area contributed by atoms with Gasteiger partial charge in [0, 0.05) is 10.6 Å². The van der Waals surface area contributed by atoms with Gasteiger partial charge in [0.05, 0.1) is 0 Å². The highest BCUT2D eigenvalue weighted by atomic mass is 35.5. The molecule has 0 aliphatic heterocycles. The Hall–Kier alpha value is -1.98. The predicted octanol–water partition coefficient (Wildman–Crippen LogP) is 2.42. The van der Waals surface area contributed by atoms with E-state index in [0.29, 0.717) is 16.5 Å². The van der Waals surface area contributed by atoms with Crippen molar-refractivity contribution < 1.29 is 13.9 Å². The zero-order valence-corrected chi connectivity index (χ0v) is 11.0. The summed E-state index contributed by atoms with van der Waals surface area (Å²) in [6.45, 7) is 2.04. The number of halogens is 1. The SMILES string of the molecule is Cc1oc(C(=O)NN)cc1COc1cccc(Cl)c1. The second kappa shape index (κ2) is 5.77. The molecule has 0 atom stereocenters. The molecule has 1 amide bonds. The number of hydrogen-bond acceptors (Lipinski definition) is 4. The molecule has 0 saturated heterocycles. The molecule has 0 radical (unpaired) electrons. The summed E-state index contributed by atoms with van der Waals surface area (Å²) in [4.78, 5) is 11.3. The lowest BCUT2D eigenvalue weighted by atomic mass is 10.2. The predicted molar refractivity (Wildman–Crippen MR) is 70.9 cm³/mol. The monoisotopic (exact) mass is 280 g/mol. The maximum atomic E-state index is 11.3. The number of carbonyl (C=O) groups excluding carboxylic acids is 1. The topological polar surface area (TPSA) is 77.5 Å². The van der Waals surface area contributed by atoms with Crippen molar-refractivity contribution in [3.63, 3.8) is 0 Å². The van der Waals surface area contributed by atoms with Crippen molar-refractivity contribution in [2.24, 2.45) is 5.84 Å². The van der Waals surface area contributed by atoms with Gasteiger partial charge in [-0.25, -0.2) is 5.84 Å². The summed E-state index contributed by atoms with van der Waals surface area (Å²) < 4.78 is 10.9. The third-order valence-corrected chi connectivity index (χ3v) is 2.80. The average molecular weight is 281 g/mol. The van der Waals surface area contributed by atoms with E-state index in [9.17, 15) is 4.79 Å². The highest BCUT2D eigenvalue weighted by molar-refractivity contribution is 6.30. The van der Waals surface area contributed by atoms with Crippen LogP contribution in [0.1, 0.15) is 21.9 Å². The standard InChI is InChI=1S/C13H13ClN2O3/c1-8-9(5-12(19-8)13(17)16-15)7-18-11-4-2-3-10(14)6-11/h2-6H,7,15H2,1H3,(H,16,17). The number of nitrogen functional groups attached to an aromatic ring is 1. The summed E-state index contributed by atoms with van der Waals surface area (Å²) in [5.41, 5.74) is 2.79. The first-order valence-electron chi connectivity index (χ1n) is 5.59. The van der Waals surface area contributed by atoms with Crippen LogP contribution in [0.5, 0.6) is 5.75 Å². The normalized spacial score (nSPS) is 10.3. The van der Waals surface area contributed by atoms with Gasteiger partial charge in [-0.15, -0.1) is 0 Å². The largest absolute Gasteiger partial charge is 0.489 e. The van der Waals surface area contributed by atoms with Crippen LogP contribution in [-0.2, 0) is 6.61 Å². The number of hydrogen-bond donors (Lipinski definition) is 2.